The maximum Gasteiger partial charge on any atom is 0.243 e. The van der Waals surface area contributed by atoms with Gasteiger partial charge in [-0.05, 0) is 23.8 Å². The first-order valence-electron chi connectivity index (χ1n) is 11.7. The van der Waals surface area contributed by atoms with Crippen molar-refractivity contribution < 1.29 is 14.4 Å². The van der Waals surface area contributed by atoms with Crippen LogP contribution in [0.1, 0.15) is 12.0 Å². The van der Waals surface area contributed by atoms with Gasteiger partial charge >= 0.3 is 0 Å². The maximum atomic E-state index is 13.1. The minimum absolute atomic E-state index is 0.139. The van der Waals surface area contributed by atoms with Crippen molar-refractivity contribution in [1.82, 2.24) is 20.0 Å². The average molecular weight is 518 g/mol. The number of hydrogen-bond donors (Lipinski definition) is 2. The highest BCUT2D eigenvalue weighted by Crippen LogP contribution is 2.23. The molecular weight excluding hydrogens is 489 g/mol. The van der Waals surface area contributed by atoms with Crippen LogP contribution in [0.3, 0.4) is 0 Å². The molecule has 2 aromatic carbocycles. The molecule has 2 aliphatic heterocycles. The van der Waals surface area contributed by atoms with Gasteiger partial charge in [0.15, 0.2) is 0 Å². The molecule has 2 heterocycles. The number of nitrogens with one attached hydrogen (secondary N) is 2. The average Bonchev–Trinajstić information content (AvgIpc) is 2.81. The predicted octanol–water partition coefficient (Wildman–Crippen LogP) is 2.47. The van der Waals surface area contributed by atoms with Gasteiger partial charge in [-0.25, -0.2) is 0 Å². The molecule has 2 aromatic rings. The van der Waals surface area contributed by atoms with E-state index in [1.54, 1.807) is 18.2 Å². The zero-order valence-electron chi connectivity index (χ0n) is 19.4. The second-order valence-corrected chi connectivity index (χ2v) is 9.72. The number of benzene rings is 2. The lowest BCUT2D eigenvalue weighted by molar-refractivity contribution is -0.145. The molecule has 35 heavy (non-hydrogen) atoms. The van der Waals surface area contributed by atoms with E-state index in [4.69, 9.17) is 23.2 Å². The van der Waals surface area contributed by atoms with Gasteiger partial charge in [-0.2, -0.15) is 0 Å². The van der Waals surface area contributed by atoms with Crippen LogP contribution in [0.2, 0.25) is 10.0 Å². The van der Waals surface area contributed by atoms with E-state index >= 15 is 0 Å². The fourth-order valence-corrected chi connectivity index (χ4v) is 4.99. The highest BCUT2D eigenvalue weighted by Gasteiger charge is 2.35. The van der Waals surface area contributed by atoms with Crippen molar-refractivity contribution in [1.29, 1.82) is 0 Å². The van der Waals surface area contributed by atoms with Crippen LogP contribution in [0.25, 0.3) is 0 Å². The van der Waals surface area contributed by atoms with Gasteiger partial charge in [-0.15, -0.1) is 0 Å². The quantitative estimate of drug-likeness (QED) is 0.589. The molecule has 2 aliphatic rings. The number of carbonyl (C=O) groups is 3. The van der Waals surface area contributed by atoms with Crippen molar-refractivity contribution >= 4 is 46.6 Å². The van der Waals surface area contributed by atoms with Crippen LogP contribution in [0.15, 0.2) is 48.5 Å². The standard InChI is InChI=1S/C25H29Cl2N5O3/c26-19-12-20(27)14-21(13-19)29-23(33)15-22-25(35)28-6-7-32(22)24(34)17-31-10-8-30(9-11-31)16-18-4-2-1-3-5-18/h1-5,12-14,22H,6-11,15-17H2,(H,28,35)(H,29,33)/t22-/m1/s1. The normalized spacial score (nSPS) is 19.3. The van der Waals surface area contributed by atoms with Gasteiger partial charge < -0.3 is 15.5 Å². The lowest BCUT2D eigenvalue weighted by Gasteiger charge is -2.38. The number of hydrogen-bond acceptors (Lipinski definition) is 5. The van der Waals surface area contributed by atoms with Gasteiger partial charge in [-0.1, -0.05) is 53.5 Å². The van der Waals surface area contributed by atoms with Crippen LogP contribution < -0.4 is 10.6 Å². The van der Waals surface area contributed by atoms with Crippen molar-refractivity contribution in [2.45, 2.75) is 19.0 Å². The third-order valence-corrected chi connectivity index (χ3v) is 6.69. The van der Waals surface area contributed by atoms with E-state index in [0.29, 0.717) is 28.8 Å². The number of carbonyl (C=O) groups excluding carboxylic acids is 3. The van der Waals surface area contributed by atoms with E-state index < -0.39 is 11.9 Å². The first kappa shape index (κ1) is 25.4. The molecule has 8 nitrogen and oxygen atoms in total. The van der Waals surface area contributed by atoms with E-state index in [-0.39, 0.29) is 24.8 Å². The van der Waals surface area contributed by atoms with Crippen LogP contribution in [-0.2, 0) is 20.9 Å². The Morgan fingerprint density at radius 1 is 0.943 bits per heavy atom. The zero-order chi connectivity index (χ0) is 24.8. The SMILES string of the molecule is O=C(C[C@@H]1C(=O)NCCN1C(=O)CN1CCN(Cc2ccccc2)CC1)Nc1cc(Cl)cc(Cl)c1. The Kier molecular flexibility index (Phi) is 8.62. The Morgan fingerprint density at radius 2 is 1.60 bits per heavy atom. The number of piperazine rings is 2. The van der Waals surface area contributed by atoms with Crippen LogP contribution in [0.5, 0.6) is 0 Å². The number of rotatable bonds is 7. The number of nitrogens with zero attached hydrogens (tertiary/aromatic N) is 3. The predicted molar refractivity (Wildman–Crippen MR) is 136 cm³/mol. The van der Waals surface area contributed by atoms with E-state index in [1.165, 1.54) is 10.5 Å². The van der Waals surface area contributed by atoms with E-state index in [1.807, 2.05) is 18.2 Å². The Morgan fingerprint density at radius 3 is 2.29 bits per heavy atom. The molecule has 4 rings (SSSR count). The minimum atomic E-state index is -0.856. The molecule has 0 aliphatic carbocycles. The van der Waals surface area contributed by atoms with Gasteiger partial charge in [0.1, 0.15) is 6.04 Å². The monoisotopic (exact) mass is 517 g/mol. The van der Waals surface area contributed by atoms with Crippen molar-refractivity contribution in [3.8, 4) is 0 Å². The summed E-state index contributed by atoms with van der Waals surface area (Å²) in [6, 6.07) is 14.2. The number of anilines is 1. The van der Waals surface area contributed by atoms with Crippen molar-refractivity contribution in [3.05, 3.63) is 64.1 Å². The Labute approximate surface area is 215 Å². The summed E-state index contributed by atoms with van der Waals surface area (Å²) in [5.41, 5.74) is 1.72. The minimum Gasteiger partial charge on any atom is -0.353 e. The molecule has 0 radical (unpaired) electrons. The van der Waals surface area contributed by atoms with Crippen LogP contribution >= 0.6 is 23.2 Å². The molecule has 2 fully saturated rings. The zero-order valence-corrected chi connectivity index (χ0v) is 20.9. The van der Waals surface area contributed by atoms with Gasteiger partial charge in [0.25, 0.3) is 0 Å². The van der Waals surface area contributed by atoms with Gasteiger partial charge in [-0.3, -0.25) is 24.2 Å². The van der Waals surface area contributed by atoms with E-state index in [2.05, 4.69) is 32.6 Å². The smallest absolute Gasteiger partial charge is 0.243 e. The summed E-state index contributed by atoms with van der Waals surface area (Å²) in [5, 5.41) is 6.26. The molecule has 10 heteroatoms. The molecule has 186 valence electrons. The first-order valence-corrected chi connectivity index (χ1v) is 12.4. The Balaban J connectivity index is 1.30. The number of amides is 3. The molecule has 0 saturated carbocycles. The third-order valence-electron chi connectivity index (χ3n) is 6.25. The fraction of sp³-hybridized carbons (Fsp3) is 0.400. The summed E-state index contributed by atoms with van der Waals surface area (Å²) in [5.74, 6) is -0.853. The second kappa shape index (κ2) is 11.9. The summed E-state index contributed by atoms with van der Waals surface area (Å²) >= 11 is 12.0. The van der Waals surface area contributed by atoms with Crippen molar-refractivity contribution in [2.24, 2.45) is 0 Å². The van der Waals surface area contributed by atoms with Crippen molar-refractivity contribution in [3.63, 3.8) is 0 Å². The molecule has 0 spiro atoms. The fourth-order valence-electron chi connectivity index (χ4n) is 4.46. The molecule has 0 aromatic heterocycles. The van der Waals surface area contributed by atoms with Crippen LogP contribution in [-0.4, -0.2) is 84.3 Å². The summed E-state index contributed by atoms with van der Waals surface area (Å²) in [6.07, 6.45) is -0.146. The molecule has 2 saturated heterocycles. The Hall–Kier alpha value is -2.65. The summed E-state index contributed by atoms with van der Waals surface area (Å²) in [4.78, 5) is 44.4. The topological polar surface area (TPSA) is 85.0 Å². The molecule has 0 unspecified atom stereocenters. The van der Waals surface area contributed by atoms with Crippen LogP contribution in [0, 0.1) is 0 Å². The maximum absolute atomic E-state index is 13.1. The highest BCUT2D eigenvalue weighted by atomic mass is 35.5. The van der Waals surface area contributed by atoms with Gasteiger partial charge in [0.05, 0.1) is 13.0 Å². The molecular formula is C25H29Cl2N5O3. The van der Waals surface area contributed by atoms with Gasteiger partial charge in [0, 0.05) is 61.5 Å². The second-order valence-electron chi connectivity index (χ2n) is 8.84. The van der Waals surface area contributed by atoms with E-state index in [9.17, 15) is 14.4 Å². The molecule has 2 N–H and O–H groups in total. The molecule has 1 atom stereocenters. The lowest BCUT2D eigenvalue weighted by atomic mass is 10.1. The van der Waals surface area contributed by atoms with Crippen molar-refractivity contribution in [2.75, 3.05) is 51.1 Å². The molecule has 3 amide bonds. The lowest BCUT2D eigenvalue weighted by Crippen LogP contribution is -2.60. The summed E-state index contributed by atoms with van der Waals surface area (Å²) < 4.78 is 0. The van der Waals surface area contributed by atoms with Gasteiger partial charge in [0.2, 0.25) is 17.7 Å². The van der Waals surface area contributed by atoms with E-state index in [0.717, 1.165) is 32.7 Å². The summed E-state index contributed by atoms with van der Waals surface area (Å²) in [7, 11) is 0. The summed E-state index contributed by atoms with van der Waals surface area (Å²) in [6.45, 7) is 5.17. The van der Waals surface area contributed by atoms with Crippen LogP contribution in [0.4, 0.5) is 5.69 Å². The largest absolute Gasteiger partial charge is 0.353 e. The Bertz CT molecular complexity index is 1040. The molecule has 0 bridgehead atoms. The number of halogens is 2. The third kappa shape index (κ3) is 7.18. The highest BCUT2D eigenvalue weighted by molar-refractivity contribution is 6.35. The first-order chi connectivity index (χ1) is 16.9.